The van der Waals surface area contributed by atoms with E-state index in [0.717, 1.165) is 23.8 Å². The molecule has 86 valence electrons. The number of aromatic nitrogens is 2. The van der Waals surface area contributed by atoms with Crippen LogP contribution < -0.4 is 0 Å². The molecule has 16 heavy (non-hydrogen) atoms. The number of nitrogens with zero attached hydrogens (tertiary/aromatic N) is 3. The zero-order valence-corrected chi connectivity index (χ0v) is 10.3. The molecule has 0 amide bonds. The van der Waals surface area contributed by atoms with Crippen molar-refractivity contribution in [2.45, 2.75) is 31.9 Å². The minimum absolute atomic E-state index is 0.0941. The molecule has 1 aliphatic rings. The molecule has 1 aliphatic carbocycles. The van der Waals surface area contributed by atoms with Gasteiger partial charge < -0.3 is 4.52 Å². The summed E-state index contributed by atoms with van der Waals surface area (Å²) in [6.45, 7) is 4.38. The molecule has 0 N–H and O–H groups in total. The van der Waals surface area contributed by atoms with Crippen molar-refractivity contribution in [1.29, 1.82) is 5.26 Å². The molecule has 0 saturated heterocycles. The highest BCUT2D eigenvalue weighted by atomic mass is 32.2. The Morgan fingerprint density at radius 1 is 1.62 bits per heavy atom. The van der Waals surface area contributed by atoms with Crippen molar-refractivity contribution in [3.63, 3.8) is 0 Å². The first-order valence-corrected chi connectivity index (χ1v) is 6.66. The van der Waals surface area contributed by atoms with E-state index in [1.807, 2.05) is 11.8 Å². The van der Waals surface area contributed by atoms with Gasteiger partial charge in [-0.2, -0.15) is 22.0 Å². The maximum atomic E-state index is 8.70. The summed E-state index contributed by atoms with van der Waals surface area (Å²) in [5, 5.41) is 12.6. The van der Waals surface area contributed by atoms with Crippen LogP contribution in [0.15, 0.2) is 4.52 Å². The van der Waals surface area contributed by atoms with Gasteiger partial charge in [-0.15, -0.1) is 0 Å². The highest BCUT2D eigenvalue weighted by molar-refractivity contribution is 7.98. The summed E-state index contributed by atoms with van der Waals surface area (Å²) in [5.74, 6) is 4.27. The van der Waals surface area contributed by atoms with E-state index in [9.17, 15) is 0 Å². The average molecular weight is 237 g/mol. The molecule has 5 heteroatoms. The number of hydrogen-bond acceptors (Lipinski definition) is 5. The summed E-state index contributed by atoms with van der Waals surface area (Å²) in [7, 11) is 0. The molecule has 2 rings (SSSR count). The van der Waals surface area contributed by atoms with E-state index in [4.69, 9.17) is 9.78 Å². The lowest BCUT2D eigenvalue weighted by Crippen LogP contribution is -1.93. The predicted molar refractivity (Wildman–Crippen MR) is 61.8 cm³/mol. The van der Waals surface area contributed by atoms with Gasteiger partial charge in [-0.3, -0.25) is 0 Å². The normalized spacial score (nSPS) is 23.4. The van der Waals surface area contributed by atoms with E-state index < -0.39 is 0 Å². The van der Waals surface area contributed by atoms with Gasteiger partial charge in [-0.1, -0.05) is 19.0 Å². The SMILES string of the molecule is CC(C)CSCc1noc(C2CC2C#N)n1. The van der Waals surface area contributed by atoms with Gasteiger partial charge in [0.25, 0.3) is 0 Å². The highest BCUT2D eigenvalue weighted by Gasteiger charge is 2.43. The molecular formula is C11H15N3OS. The summed E-state index contributed by atoms with van der Waals surface area (Å²) in [6, 6.07) is 2.22. The molecule has 0 radical (unpaired) electrons. The molecule has 0 aromatic carbocycles. The minimum Gasteiger partial charge on any atom is -0.339 e. The van der Waals surface area contributed by atoms with E-state index in [1.54, 1.807) is 0 Å². The molecule has 2 atom stereocenters. The monoisotopic (exact) mass is 237 g/mol. The van der Waals surface area contributed by atoms with Crippen molar-refractivity contribution in [2.75, 3.05) is 5.75 Å². The smallest absolute Gasteiger partial charge is 0.231 e. The average Bonchev–Trinajstić information content (AvgIpc) is 2.90. The van der Waals surface area contributed by atoms with E-state index in [1.165, 1.54) is 0 Å². The van der Waals surface area contributed by atoms with E-state index in [2.05, 4.69) is 30.1 Å². The summed E-state index contributed by atoms with van der Waals surface area (Å²) in [5.41, 5.74) is 0. The summed E-state index contributed by atoms with van der Waals surface area (Å²) in [4.78, 5) is 4.32. The van der Waals surface area contributed by atoms with Crippen molar-refractivity contribution in [3.05, 3.63) is 11.7 Å². The molecule has 1 saturated carbocycles. The Morgan fingerprint density at radius 3 is 3.06 bits per heavy atom. The molecule has 0 spiro atoms. The van der Waals surface area contributed by atoms with Crippen LogP contribution in [0.5, 0.6) is 0 Å². The van der Waals surface area contributed by atoms with Crippen LogP contribution in [0.4, 0.5) is 0 Å². The Bertz CT molecular complexity index is 396. The van der Waals surface area contributed by atoms with Crippen LogP contribution in [0.2, 0.25) is 0 Å². The van der Waals surface area contributed by atoms with Crippen LogP contribution in [-0.4, -0.2) is 15.9 Å². The quantitative estimate of drug-likeness (QED) is 0.787. The van der Waals surface area contributed by atoms with Crippen LogP contribution in [0.3, 0.4) is 0 Å². The lowest BCUT2D eigenvalue weighted by molar-refractivity contribution is 0.373. The van der Waals surface area contributed by atoms with Gasteiger partial charge in [0, 0.05) is 0 Å². The van der Waals surface area contributed by atoms with Gasteiger partial charge in [-0.25, -0.2) is 0 Å². The molecule has 4 nitrogen and oxygen atoms in total. The second kappa shape index (κ2) is 4.88. The van der Waals surface area contributed by atoms with Crippen molar-refractivity contribution >= 4 is 11.8 Å². The fourth-order valence-electron chi connectivity index (χ4n) is 1.47. The fourth-order valence-corrected chi connectivity index (χ4v) is 2.36. The first-order chi connectivity index (χ1) is 7.70. The van der Waals surface area contributed by atoms with Gasteiger partial charge in [0.15, 0.2) is 5.82 Å². The van der Waals surface area contributed by atoms with Gasteiger partial charge >= 0.3 is 0 Å². The maximum absolute atomic E-state index is 8.70. The maximum Gasteiger partial charge on any atom is 0.231 e. The summed E-state index contributed by atoms with van der Waals surface area (Å²) >= 11 is 1.82. The molecule has 1 aromatic rings. The number of thioether (sulfide) groups is 1. The first kappa shape index (κ1) is 11.5. The van der Waals surface area contributed by atoms with Crippen LogP contribution >= 0.6 is 11.8 Å². The molecule has 1 heterocycles. The van der Waals surface area contributed by atoms with E-state index in [-0.39, 0.29) is 11.8 Å². The summed E-state index contributed by atoms with van der Waals surface area (Å²) in [6.07, 6.45) is 0.872. The molecule has 0 aliphatic heterocycles. The Hall–Kier alpha value is -1.02. The van der Waals surface area contributed by atoms with Crippen LogP contribution in [0.1, 0.15) is 37.9 Å². The molecular weight excluding hydrogens is 222 g/mol. The van der Waals surface area contributed by atoms with Crippen LogP contribution in [0.25, 0.3) is 0 Å². The minimum atomic E-state index is 0.0941. The third-order valence-corrected chi connectivity index (χ3v) is 3.80. The Morgan fingerprint density at radius 2 is 2.44 bits per heavy atom. The van der Waals surface area contributed by atoms with E-state index in [0.29, 0.717) is 11.8 Å². The third kappa shape index (κ3) is 2.76. The van der Waals surface area contributed by atoms with Crippen molar-refractivity contribution in [3.8, 4) is 6.07 Å². The number of rotatable bonds is 5. The topological polar surface area (TPSA) is 62.7 Å². The lowest BCUT2D eigenvalue weighted by Gasteiger charge is -2.00. The fraction of sp³-hybridized carbons (Fsp3) is 0.727. The van der Waals surface area contributed by atoms with Gasteiger partial charge in [0.2, 0.25) is 5.89 Å². The van der Waals surface area contributed by atoms with Crippen molar-refractivity contribution in [1.82, 2.24) is 10.1 Å². The van der Waals surface area contributed by atoms with Gasteiger partial charge in [0.1, 0.15) is 0 Å². The zero-order chi connectivity index (χ0) is 11.5. The first-order valence-electron chi connectivity index (χ1n) is 5.50. The van der Waals surface area contributed by atoms with Crippen LogP contribution in [0, 0.1) is 23.2 Å². The number of hydrogen-bond donors (Lipinski definition) is 0. The third-order valence-electron chi connectivity index (χ3n) is 2.44. The standard InChI is InChI=1S/C11H15N3OS/c1-7(2)5-16-6-10-13-11(15-14-10)9-3-8(9)4-12/h7-9H,3,5-6H2,1-2H3. The summed E-state index contributed by atoms with van der Waals surface area (Å²) < 4.78 is 5.15. The second-order valence-electron chi connectivity index (χ2n) is 4.54. The number of nitriles is 1. The highest BCUT2D eigenvalue weighted by Crippen LogP contribution is 2.46. The van der Waals surface area contributed by atoms with E-state index >= 15 is 0 Å². The lowest BCUT2D eigenvalue weighted by atomic mass is 10.3. The molecule has 0 bridgehead atoms. The molecule has 1 fully saturated rings. The largest absolute Gasteiger partial charge is 0.339 e. The van der Waals surface area contributed by atoms with Gasteiger partial charge in [-0.05, 0) is 18.1 Å². The Labute approximate surface area is 99.4 Å². The molecule has 2 unspecified atom stereocenters. The Balaban J connectivity index is 1.82. The predicted octanol–water partition coefficient (Wildman–Crippen LogP) is 2.59. The molecule has 1 aromatic heterocycles. The zero-order valence-electron chi connectivity index (χ0n) is 9.51. The van der Waals surface area contributed by atoms with Crippen molar-refractivity contribution in [2.24, 2.45) is 11.8 Å². The van der Waals surface area contributed by atoms with Gasteiger partial charge in [0.05, 0.1) is 23.7 Å². The second-order valence-corrected chi connectivity index (χ2v) is 5.57. The van der Waals surface area contributed by atoms with Crippen LogP contribution in [-0.2, 0) is 5.75 Å². The van der Waals surface area contributed by atoms with Crippen molar-refractivity contribution < 1.29 is 4.52 Å². The Kier molecular flexibility index (Phi) is 3.49.